The first-order valence-electron chi connectivity index (χ1n) is 6.09. The summed E-state index contributed by atoms with van der Waals surface area (Å²) in [7, 11) is 1.58. The number of carbonyl (C=O) groups is 1. The van der Waals surface area contributed by atoms with Gasteiger partial charge < -0.3 is 14.8 Å². The van der Waals surface area contributed by atoms with Crippen molar-refractivity contribution in [2.24, 2.45) is 0 Å². The van der Waals surface area contributed by atoms with Crippen molar-refractivity contribution in [2.75, 3.05) is 19.0 Å². The highest BCUT2D eigenvalue weighted by molar-refractivity contribution is 6.35. The molecule has 0 fully saturated rings. The van der Waals surface area contributed by atoms with Gasteiger partial charge in [0.2, 0.25) is 0 Å². The molecule has 0 unspecified atom stereocenters. The molecule has 2 aromatic carbocycles. The molecule has 0 atom stereocenters. The number of amides is 1. The molecule has 0 radical (unpaired) electrons. The number of carbonyl (C=O) groups excluding carboxylic acids is 1. The highest BCUT2D eigenvalue weighted by atomic mass is 35.5. The fourth-order valence-corrected chi connectivity index (χ4v) is 2.17. The smallest absolute Gasteiger partial charge is 0.262 e. The van der Waals surface area contributed by atoms with E-state index in [0.717, 1.165) is 5.75 Å². The summed E-state index contributed by atoms with van der Waals surface area (Å²) in [6.07, 6.45) is 0. The van der Waals surface area contributed by atoms with Crippen molar-refractivity contribution in [3.8, 4) is 11.5 Å². The highest BCUT2D eigenvalue weighted by Gasteiger charge is 2.05. The largest absolute Gasteiger partial charge is 0.497 e. The van der Waals surface area contributed by atoms with Crippen LogP contribution in [0.5, 0.6) is 11.5 Å². The third-order valence-electron chi connectivity index (χ3n) is 2.58. The molecule has 0 saturated heterocycles. The summed E-state index contributed by atoms with van der Waals surface area (Å²) in [5.41, 5.74) is 0.524. The standard InChI is InChI=1S/C15H13Cl2NO3/c1-20-13-2-4-14(5-3-13)21-9-15(19)18-12-7-10(16)6-11(17)8-12/h2-8H,9H2,1H3,(H,18,19). The Hall–Kier alpha value is -1.91. The SMILES string of the molecule is COc1ccc(OCC(=O)Nc2cc(Cl)cc(Cl)c2)cc1. The predicted octanol–water partition coefficient (Wildman–Crippen LogP) is 4.02. The number of nitrogens with one attached hydrogen (secondary N) is 1. The first-order valence-corrected chi connectivity index (χ1v) is 6.85. The van der Waals surface area contributed by atoms with Gasteiger partial charge in [0, 0.05) is 15.7 Å². The molecule has 0 saturated carbocycles. The van der Waals surface area contributed by atoms with Crippen LogP contribution in [0.1, 0.15) is 0 Å². The quantitative estimate of drug-likeness (QED) is 0.903. The molecule has 0 bridgehead atoms. The van der Waals surface area contributed by atoms with Gasteiger partial charge in [-0.15, -0.1) is 0 Å². The van der Waals surface area contributed by atoms with E-state index in [-0.39, 0.29) is 12.5 Å². The number of halogens is 2. The van der Waals surface area contributed by atoms with Crippen molar-refractivity contribution in [3.05, 3.63) is 52.5 Å². The molecule has 0 aliphatic heterocycles. The number of anilines is 1. The van der Waals surface area contributed by atoms with E-state index in [4.69, 9.17) is 32.7 Å². The maximum absolute atomic E-state index is 11.8. The van der Waals surface area contributed by atoms with Crippen LogP contribution in [0.2, 0.25) is 10.0 Å². The van der Waals surface area contributed by atoms with E-state index in [1.165, 1.54) is 0 Å². The summed E-state index contributed by atoms with van der Waals surface area (Å²) >= 11 is 11.7. The molecule has 110 valence electrons. The highest BCUT2D eigenvalue weighted by Crippen LogP contribution is 2.22. The number of methoxy groups -OCH3 is 1. The zero-order valence-corrected chi connectivity index (χ0v) is 12.7. The van der Waals surface area contributed by atoms with E-state index < -0.39 is 0 Å². The van der Waals surface area contributed by atoms with Gasteiger partial charge >= 0.3 is 0 Å². The summed E-state index contributed by atoms with van der Waals surface area (Å²) in [4.78, 5) is 11.8. The van der Waals surface area contributed by atoms with Crippen LogP contribution < -0.4 is 14.8 Å². The van der Waals surface area contributed by atoms with Gasteiger partial charge in [-0.2, -0.15) is 0 Å². The lowest BCUT2D eigenvalue weighted by Crippen LogP contribution is -2.20. The molecule has 0 aliphatic carbocycles. The number of ether oxygens (including phenoxy) is 2. The van der Waals surface area contributed by atoms with Gasteiger partial charge in [0.15, 0.2) is 6.61 Å². The Bertz CT molecular complexity index is 609. The molecule has 0 aliphatic rings. The van der Waals surface area contributed by atoms with E-state index in [9.17, 15) is 4.79 Å². The van der Waals surface area contributed by atoms with Crippen LogP contribution >= 0.6 is 23.2 Å². The first-order chi connectivity index (χ1) is 10.1. The van der Waals surface area contributed by atoms with E-state index >= 15 is 0 Å². The maximum atomic E-state index is 11.8. The van der Waals surface area contributed by atoms with Crippen molar-refractivity contribution in [1.82, 2.24) is 0 Å². The lowest BCUT2D eigenvalue weighted by molar-refractivity contribution is -0.118. The predicted molar refractivity (Wildman–Crippen MR) is 83.6 cm³/mol. The van der Waals surface area contributed by atoms with Gasteiger partial charge in [0.05, 0.1) is 7.11 Å². The van der Waals surface area contributed by atoms with Gasteiger partial charge in [-0.3, -0.25) is 4.79 Å². The van der Waals surface area contributed by atoms with Crippen LogP contribution in [-0.4, -0.2) is 19.6 Å². The molecule has 2 aromatic rings. The second kappa shape index (κ2) is 7.20. The number of benzene rings is 2. The summed E-state index contributed by atoms with van der Waals surface area (Å²) in [5.74, 6) is 1.000. The topological polar surface area (TPSA) is 47.6 Å². The van der Waals surface area contributed by atoms with Gasteiger partial charge in [-0.1, -0.05) is 23.2 Å². The molecule has 0 aromatic heterocycles. The lowest BCUT2D eigenvalue weighted by atomic mass is 10.3. The molecule has 6 heteroatoms. The van der Waals surface area contributed by atoms with Crippen LogP contribution in [0.15, 0.2) is 42.5 Å². The Balaban J connectivity index is 1.89. The van der Waals surface area contributed by atoms with E-state index in [2.05, 4.69) is 5.32 Å². The van der Waals surface area contributed by atoms with E-state index in [1.807, 2.05) is 0 Å². The Morgan fingerprint density at radius 3 is 2.19 bits per heavy atom. The van der Waals surface area contributed by atoms with E-state index in [0.29, 0.717) is 21.5 Å². The van der Waals surface area contributed by atoms with Gasteiger partial charge in [0.1, 0.15) is 11.5 Å². The van der Waals surface area contributed by atoms with Gasteiger partial charge in [-0.05, 0) is 42.5 Å². The molecule has 4 nitrogen and oxygen atoms in total. The molecule has 2 rings (SSSR count). The molecule has 0 spiro atoms. The minimum absolute atomic E-state index is 0.115. The van der Waals surface area contributed by atoms with Crippen LogP contribution in [0.4, 0.5) is 5.69 Å². The summed E-state index contributed by atoms with van der Waals surface area (Å²) in [6, 6.07) is 11.8. The number of hydrogen-bond donors (Lipinski definition) is 1. The lowest BCUT2D eigenvalue weighted by Gasteiger charge is -2.08. The van der Waals surface area contributed by atoms with Gasteiger partial charge in [-0.25, -0.2) is 0 Å². The molecular formula is C15H13Cl2NO3. The molecule has 0 heterocycles. The van der Waals surface area contributed by atoms with E-state index in [1.54, 1.807) is 49.6 Å². The Morgan fingerprint density at radius 1 is 1.05 bits per heavy atom. The van der Waals surface area contributed by atoms with Crippen molar-refractivity contribution >= 4 is 34.8 Å². The van der Waals surface area contributed by atoms with Gasteiger partial charge in [0.25, 0.3) is 5.91 Å². The third-order valence-corrected chi connectivity index (χ3v) is 3.01. The van der Waals surface area contributed by atoms with Crippen LogP contribution in [0, 0.1) is 0 Å². The summed E-state index contributed by atoms with van der Waals surface area (Å²) in [5, 5.41) is 3.56. The Morgan fingerprint density at radius 2 is 1.62 bits per heavy atom. The van der Waals surface area contributed by atoms with Crippen molar-refractivity contribution in [1.29, 1.82) is 0 Å². The first kappa shape index (κ1) is 15.5. The van der Waals surface area contributed by atoms with Crippen LogP contribution in [-0.2, 0) is 4.79 Å². The number of hydrogen-bond acceptors (Lipinski definition) is 3. The Kier molecular flexibility index (Phi) is 5.31. The van der Waals surface area contributed by atoms with Crippen molar-refractivity contribution in [2.45, 2.75) is 0 Å². The molecule has 1 amide bonds. The Labute approximate surface area is 132 Å². The minimum atomic E-state index is -0.302. The molecular weight excluding hydrogens is 313 g/mol. The average Bonchev–Trinajstić information content (AvgIpc) is 2.44. The molecule has 1 N–H and O–H groups in total. The second-order valence-electron chi connectivity index (χ2n) is 4.17. The molecule has 21 heavy (non-hydrogen) atoms. The van der Waals surface area contributed by atoms with Crippen LogP contribution in [0.25, 0.3) is 0 Å². The zero-order valence-electron chi connectivity index (χ0n) is 11.2. The summed E-state index contributed by atoms with van der Waals surface area (Å²) in [6.45, 7) is -0.115. The van der Waals surface area contributed by atoms with Crippen molar-refractivity contribution in [3.63, 3.8) is 0 Å². The second-order valence-corrected chi connectivity index (χ2v) is 5.04. The third kappa shape index (κ3) is 4.85. The zero-order chi connectivity index (χ0) is 15.2. The monoisotopic (exact) mass is 325 g/mol. The summed E-state index contributed by atoms with van der Waals surface area (Å²) < 4.78 is 10.4. The van der Waals surface area contributed by atoms with Crippen LogP contribution in [0.3, 0.4) is 0 Å². The fraction of sp³-hybridized carbons (Fsp3) is 0.133. The number of rotatable bonds is 5. The maximum Gasteiger partial charge on any atom is 0.262 e. The fourth-order valence-electron chi connectivity index (χ4n) is 1.64. The van der Waals surface area contributed by atoms with Crippen molar-refractivity contribution < 1.29 is 14.3 Å². The average molecular weight is 326 g/mol. The normalized spacial score (nSPS) is 10.0. The minimum Gasteiger partial charge on any atom is -0.497 e.